The molecule has 0 saturated heterocycles. The molecular weight excluding hydrogens is 743 g/mol. The maximum absolute atomic E-state index is 7.24. The maximum atomic E-state index is 7.24. The Morgan fingerprint density at radius 2 is 1.23 bits per heavy atom. The van der Waals surface area contributed by atoms with Crippen LogP contribution >= 0.6 is 0 Å². The molecule has 292 valence electrons. The first kappa shape index (κ1) is 34.7. The van der Waals surface area contributed by atoms with Crippen molar-refractivity contribution in [3.8, 4) is 22.3 Å². The van der Waals surface area contributed by atoms with Crippen LogP contribution in [0.3, 0.4) is 0 Å². The molecule has 0 unspecified atom stereocenters. The first-order chi connectivity index (χ1) is 29.8. The van der Waals surface area contributed by atoms with Crippen molar-refractivity contribution in [3.05, 3.63) is 192 Å². The van der Waals surface area contributed by atoms with E-state index in [1.807, 2.05) is 0 Å². The number of allylic oxidation sites excluding steroid dienone is 4. The van der Waals surface area contributed by atoms with Gasteiger partial charge < -0.3 is 13.7 Å². The van der Waals surface area contributed by atoms with E-state index in [0.717, 1.165) is 84.9 Å². The molecule has 2 heterocycles. The average molecular weight is 786 g/mol. The predicted molar refractivity (Wildman–Crippen MR) is 255 cm³/mol. The molecule has 8 aromatic carbocycles. The van der Waals surface area contributed by atoms with Gasteiger partial charge in [-0.15, -0.1) is 0 Å². The number of fused-ring (bicyclic) bond motifs is 12. The minimum absolute atomic E-state index is 0.102. The Morgan fingerprint density at radius 3 is 2.15 bits per heavy atom. The van der Waals surface area contributed by atoms with Crippen LogP contribution < -0.4 is 4.90 Å². The summed E-state index contributed by atoms with van der Waals surface area (Å²) in [6, 6.07) is 55.6. The highest BCUT2D eigenvalue weighted by Crippen LogP contribution is 2.55. The highest BCUT2D eigenvalue weighted by Gasteiger charge is 2.38. The van der Waals surface area contributed by atoms with Crippen LogP contribution in [0.15, 0.2) is 178 Å². The molecule has 0 atom stereocenters. The van der Waals surface area contributed by atoms with E-state index in [0.29, 0.717) is 0 Å². The molecule has 0 fully saturated rings. The Bertz CT molecular complexity index is 3600. The molecule has 3 aliphatic rings. The van der Waals surface area contributed by atoms with E-state index in [9.17, 15) is 0 Å². The van der Waals surface area contributed by atoms with E-state index < -0.39 is 0 Å². The molecule has 0 aliphatic heterocycles. The molecule has 0 amide bonds. The van der Waals surface area contributed by atoms with Crippen molar-refractivity contribution in [2.75, 3.05) is 4.90 Å². The van der Waals surface area contributed by atoms with Crippen molar-refractivity contribution in [2.45, 2.75) is 51.4 Å². The molecule has 0 saturated carbocycles. The van der Waals surface area contributed by atoms with E-state index in [1.165, 1.54) is 55.3 Å². The molecule has 0 N–H and O–H groups in total. The van der Waals surface area contributed by atoms with Crippen LogP contribution in [-0.2, 0) is 10.8 Å². The molecule has 3 nitrogen and oxygen atoms in total. The molecule has 10 aromatic rings. The van der Waals surface area contributed by atoms with Crippen molar-refractivity contribution in [2.24, 2.45) is 0 Å². The third kappa shape index (κ3) is 4.69. The summed E-state index contributed by atoms with van der Waals surface area (Å²) in [7, 11) is 0. The smallest absolute Gasteiger partial charge is 0.144 e. The Labute approximate surface area is 354 Å². The van der Waals surface area contributed by atoms with Crippen molar-refractivity contribution < 1.29 is 8.83 Å². The quantitative estimate of drug-likeness (QED) is 0.178. The summed E-state index contributed by atoms with van der Waals surface area (Å²) in [5.41, 5.74) is 19.7. The zero-order valence-electron chi connectivity index (χ0n) is 34.8. The monoisotopic (exact) mass is 785 g/mol. The van der Waals surface area contributed by atoms with Gasteiger partial charge in [0, 0.05) is 43.6 Å². The summed E-state index contributed by atoms with van der Waals surface area (Å²) in [5.74, 6) is 0. The van der Waals surface area contributed by atoms with Crippen LogP contribution in [-0.4, -0.2) is 0 Å². The fourth-order valence-electron chi connectivity index (χ4n) is 11.4. The highest BCUT2D eigenvalue weighted by molar-refractivity contribution is 6.26. The molecule has 2 aromatic heterocycles. The van der Waals surface area contributed by atoms with E-state index in [4.69, 9.17) is 8.83 Å². The van der Waals surface area contributed by atoms with E-state index in [-0.39, 0.29) is 10.8 Å². The van der Waals surface area contributed by atoms with Crippen molar-refractivity contribution in [1.82, 2.24) is 0 Å². The Balaban J connectivity index is 1.11. The standard InChI is InChI=1S/C58H43NO2/c1-57(2)44-21-10-7-18-38(44)40-29-27-35(31-46(40)57)53-55-42-20-9-12-25-50(42)60-52(55)33-43-54-49(24-14-26-51(54)61-56(43)53)59(48-23-13-16-34-15-5-6-17-37(34)48)36-28-30-41-39-19-8-11-22-45(39)58(3,4)47(41)32-36/h5-6,8-17,19-33H,7,18H2,1-4H3. The van der Waals surface area contributed by atoms with Crippen molar-refractivity contribution in [1.29, 1.82) is 0 Å². The SMILES string of the molecule is CC1(C)C2=C(CCC=C2)c2ccc(-c3c4oc5cccc(N(c6ccc7c(c6)C(C)(C)c6ccccc6-7)c6cccc7ccccc67)c5c4cc4oc5ccccc5c34)cc21. The topological polar surface area (TPSA) is 29.5 Å². The summed E-state index contributed by atoms with van der Waals surface area (Å²) in [5, 5.41) is 6.65. The van der Waals surface area contributed by atoms with Gasteiger partial charge in [0.05, 0.1) is 16.8 Å². The van der Waals surface area contributed by atoms with Gasteiger partial charge in [-0.25, -0.2) is 0 Å². The maximum Gasteiger partial charge on any atom is 0.144 e. The van der Waals surface area contributed by atoms with Gasteiger partial charge in [-0.05, 0) is 117 Å². The minimum atomic E-state index is -0.155. The Hall–Kier alpha value is -7.10. The number of furan rings is 2. The second-order valence-corrected chi connectivity index (χ2v) is 18.3. The van der Waals surface area contributed by atoms with Gasteiger partial charge in [0.25, 0.3) is 0 Å². The lowest BCUT2D eigenvalue weighted by molar-refractivity contribution is 0.651. The largest absolute Gasteiger partial charge is 0.456 e. The number of rotatable bonds is 4. The van der Waals surface area contributed by atoms with Gasteiger partial charge in [0.15, 0.2) is 0 Å². The second-order valence-electron chi connectivity index (χ2n) is 18.3. The van der Waals surface area contributed by atoms with E-state index in [2.05, 4.69) is 196 Å². The molecule has 61 heavy (non-hydrogen) atoms. The van der Waals surface area contributed by atoms with Gasteiger partial charge >= 0.3 is 0 Å². The number of hydrogen-bond acceptors (Lipinski definition) is 3. The number of benzene rings is 8. The first-order valence-corrected chi connectivity index (χ1v) is 21.6. The lowest BCUT2D eigenvalue weighted by atomic mass is 9.79. The molecule has 3 heteroatoms. The predicted octanol–water partition coefficient (Wildman–Crippen LogP) is 16.5. The summed E-state index contributed by atoms with van der Waals surface area (Å²) in [4.78, 5) is 2.46. The zero-order chi connectivity index (χ0) is 40.8. The van der Waals surface area contributed by atoms with Gasteiger partial charge in [0.2, 0.25) is 0 Å². The van der Waals surface area contributed by atoms with Crippen LogP contribution in [0, 0.1) is 0 Å². The second kappa shape index (κ2) is 12.2. The summed E-state index contributed by atoms with van der Waals surface area (Å²) in [6.45, 7) is 9.47. The van der Waals surface area contributed by atoms with Gasteiger partial charge in [-0.1, -0.05) is 143 Å². The van der Waals surface area contributed by atoms with Gasteiger partial charge in [0.1, 0.15) is 22.3 Å². The minimum Gasteiger partial charge on any atom is -0.456 e. The van der Waals surface area contributed by atoms with E-state index >= 15 is 0 Å². The molecule has 3 aliphatic carbocycles. The summed E-state index contributed by atoms with van der Waals surface area (Å²) >= 11 is 0. The van der Waals surface area contributed by atoms with Crippen molar-refractivity contribution in [3.63, 3.8) is 0 Å². The third-order valence-electron chi connectivity index (χ3n) is 14.3. The molecule has 0 radical (unpaired) electrons. The van der Waals surface area contributed by atoms with Crippen LogP contribution in [0.2, 0.25) is 0 Å². The van der Waals surface area contributed by atoms with Crippen LogP contribution in [0.1, 0.15) is 62.8 Å². The molecule has 0 spiro atoms. The zero-order valence-corrected chi connectivity index (χ0v) is 34.8. The normalized spacial score (nSPS) is 15.9. The van der Waals surface area contributed by atoms with Crippen molar-refractivity contribution >= 4 is 77.3 Å². The van der Waals surface area contributed by atoms with Crippen LogP contribution in [0.25, 0.3) is 82.5 Å². The molecule has 0 bridgehead atoms. The fraction of sp³-hybridized carbons (Fsp3) is 0.138. The summed E-state index contributed by atoms with van der Waals surface area (Å²) in [6.07, 6.45) is 6.88. The summed E-state index contributed by atoms with van der Waals surface area (Å²) < 4.78 is 14.1. The Morgan fingerprint density at radius 1 is 0.508 bits per heavy atom. The lowest BCUT2D eigenvalue weighted by Crippen LogP contribution is -2.16. The number of anilines is 3. The number of hydrogen-bond donors (Lipinski definition) is 0. The van der Waals surface area contributed by atoms with Crippen LogP contribution in [0.4, 0.5) is 17.1 Å². The molecule has 13 rings (SSSR count). The average Bonchev–Trinajstić information content (AvgIpc) is 3.98. The highest BCUT2D eigenvalue weighted by atomic mass is 16.3. The van der Waals surface area contributed by atoms with E-state index in [1.54, 1.807) is 0 Å². The molecular formula is C58H43NO2. The number of para-hydroxylation sites is 1. The van der Waals surface area contributed by atoms with Gasteiger partial charge in [-0.2, -0.15) is 0 Å². The fourth-order valence-corrected chi connectivity index (χ4v) is 11.4. The van der Waals surface area contributed by atoms with Gasteiger partial charge in [-0.3, -0.25) is 0 Å². The van der Waals surface area contributed by atoms with Crippen LogP contribution in [0.5, 0.6) is 0 Å². The first-order valence-electron chi connectivity index (χ1n) is 21.6. The Kier molecular flexibility index (Phi) is 6.97. The number of nitrogens with zero attached hydrogens (tertiary/aromatic N) is 1. The lowest BCUT2D eigenvalue weighted by Gasteiger charge is -2.29. The third-order valence-corrected chi connectivity index (χ3v) is 14.3.